The topological polar surface area (TPSA) is 130 Å². The van der Waals surface area contributed by atoms with E-state index in [4.69, 9.17) is 0 Å². The first-order valence-corrected chi connectivity index (χ1v) is 11.9. The third-order valence-electron chi connectivity index (χ3n) is 6.62. The SMILES string of the molecule is C/C=C/C=C/C(=O)CC(=O)N[C@@H](CC(=O)N[C@@H]1C(=O)[C@@H]2C(=O)N(C)C(=O)[C@H]2CC1C)c1ccccc1. The molecule has 2 N–H and O–H groups in total. The Balaban J connectivity index is 1.69. The maximum absolute atomic E-state index is 13.1. The van der Waals surface area contributed by atoms with E-state index in [1.165, 1.54) is 13.1 Å². The van der Waals surface area contributed by atoms with Crippen LogP contribution in [-0.2, 0) is 28.8 Å². The molecule has 1 aromatic carbocycles. The highest BCUT2D eigenvalue weighted by atomic mass is 16.2. The number of nitrogens with zero attached hydrogens (tertiary/aromatic N) is 1. The van der Waals surface area contributed by atoms with E-state index in [2.05, 4.69) is 10.6 Å². The van der Waals surface area contributed by atoms with Crippen LogP contribution in [0.3, 0.4) is 0 Å². The van der Waals surface area contributed by atoms with Gasteiger partial charge in [-0.2, -0.15) is 0 Å². The highest BCUT2D eigenvalue weighted by Gasteiger charge is 2.55. The van der Waals surface area contributed by atoms with Crippen LogP contribution >= 0.6 is 0 Å². The van der Waals surface area contributed by atoms with Crippen LogP contribution in [0.1, 0.15) is 44.7 Å². The molecule has 9 nitrogen and oxygen atoms in total. The lowest BCUT2D eigenvalue weighted by molar-refractivity contribution is -0.142. The van der Waals surface area contributed by atoms with Crippen molar-refractivity contribution in [3.05, 3.63) is 60.2 Å². The van der Waals surface area contributed by atoms with Crippen molar-refractivity contribution in [2.24, 2.45) is 17.8 Å². The number of Topliss-reactive ketones (excluding diaryl/α,β-unsaturated/α-hetero) is 1. The Kier molecular flexibility index (Phi) is 8.68. The summed E-state index contributed by atoms with van der Waals surface area (Å²) in [4.78, 5) is 76.4. The minimum Gasteiger partial charge on any atom is -0.348 e. The zero-order valence-electron chi connectivity index (χ0n) is 20.6. The van der Waals surface area contributed by atoms with Crippen LogP contribution in [0, 0.1) is 17.8 Å². The van der Waals surface area contributed by atoms with Crippen molar-refractivity contribution in [1.29, 1.82) is 0 Å². The van der Waals surface area contributed by atoms with E-state index in [0.717, 1.165) is 4.90 Å². The smallest absolute Gasteiger partial charge is 0.240 e. The van der Waals surface area contributed by atoms with Crippen LogP contribution in [0.25, 0.3) is 0 Å². The van der Waals surface area contributed by atoms with E-state index in [9.17, 15) is 28.8 Å². The van der Waals surface area contributed by atoms with Crippen molar-refractivity contribution in [2.75, 3.05) is 7.05 Å². The van der Waals surface area contributed by atoms with Gasteiger partial charge in [0.05, 0.1) is 30.8 Å². The molecule has 0 bridgehead atoms. The van der Waals surface area contributed by atoms with Crippen molar-refractivity contribution in [3.8, 4) is 0 Å². The van der Waals surface area contributed by atoms with Gasteiger partial charge in [-0.25, -0.2) is 0 Å². The second-order valence-corrected chi connectivity index (χ2v) is 9.24. The van der Waals surface area contributed by atoms with Gasteiger partial charge >= 0.3 is 0 Å². The second-order valence-electron chi connectivity index (χ2n) is 9.24. The Bertz CT molecular complexity index is 1110. The molecular weight excluding hydrogens is 462 g/mol. The second kappa shape index (κ2) is 11.7. The largest absolute Gasteiger partial charge is 0.348 e. The first-order chi connectivity index (χ1) is 17.1. The van der Waals surface area contributed by atoms with E-state index >= 15 is 0 Å². The zero-order chi connectivity index (χ0) is 26.4. The number of hydrogen-bond donors (Lipinski definition) is 2. The highest BCUT2D eigenvalue weighted by molar-refractivity contribution is 6.17. The van der Waals surface area contributed by atoms with E-state index in [-0.39, 0.29) is 30.4 Å². The molecule has 190 valence electrons. The van der Waals surface area contributed by atoms with Crippen LogP contribution in [0.2, 0.25) is 0 Å². The fraction of sp³-hybridized carbons (Fsp3) is 0.407. The first-order valence-electron chi connectivity index (χ1n) is 11.9. The molecule has 1 aromatic rings. The molecule has 5 atom stereocenters. The van der Waals surface area contributed by atoms with Crippen LogP contribution in [0.15, 0.2) is 54.6 Å². The molecule has 3 rings (SSSR count). The normalized spacial score (nSPS) is 24.8. The number of likely N-dealkylation sites (tertiary alicyclic amines) is 1. The minimum absolute atomic E-state index is 0.171. The van der Waals surface area contributed by atoms with Crippen LogP contribution in [-0.4, -0.2) is 53.2 Å². The molecule has 1 heterocycles. The van der Waals surface area contributed by atoms with E-state index in [0.29, 0.717) is 12.0 Å². The summed E-state index contributed by atoms with van der Waals surface area (Å²) >= 11 is 0. The molecule has 2 fully saturated rings. The first kappa shape index (κ1) is 26.7. The predicted octanol–water partition coefficient (Wildman–Crippen LogP) is 1.65. The van der Waals surface area contributed by atoms with E-state index in [1.807, 2.05) is 0 Å². The third kappa shape index (κ3) is 6.02. The average molecular weight is 494 g/mol. The van der Waals surface area contributed by atoms with Gasteiger partial charge < -0.3 is 10.6 Å². The van der Waals surface area contributed by atoms with Gasteiger partial charge in [-0.15, -0.1) is 0 Å². The molecule has 4 amide bonds. The number of benzene rings is 1. The Morgan fingerprint density at radius 1 is 1.06 bits per heavy atom. The quantitative estimate of drug-likeness (QED) is 0.233. The van der Waals surface area contributed by atoms with Gasteiger partial charge in [0.1, 0.15) is 5.92 Å². The molecule has 0 radical (unpaired) electrons. The number of hydrogen-bond acceptors (Lipinski definition) is 6. The Morgan fingerprint density at radius 3 is 2.42 bits per heavy atom. The van der Waals surface area contributed by atoms with Gasteiger partial charge in [-0.1, -0.05) is 55.5 Å². The monoisotopic (exact) mass is 493 g/mol. The van der Waals surface area contributed by atoms with Crippen LogP contribution in [0.4, 0.5) is 0 Å². The Morgan fingerprint density at radius 2 is 1.75 bits per heavy atom. The molecule has 1 unspecified atom stereocenters. The summed E-state index contributed by atoms with van der Waals surface area (Å²) in [6, 6.07) is 7.20. The molecule has 0 spiro atoms. The Hall–Kier alpha value is -3.88. The minimum atomic E-state index is -1.07. The lowest BCUT2D eigenvalue weighted by Gasteiger charge is -2.33. The van der Waals surface area contributed by atoms with Crippen molar-refractivity contribution in [2.45, 2.75) is 45.2 Å². The van der Waals surface area contributed by atoms with Crippen LogP contribution in [0.5, 0.6) is 0 Å². The summed E-state index contributed by atoms with van der Waals surface area (Å²) < 4.78 is 0. The van der Waals surface area contributed by atoms with Gasteiger partial charge in [0.15, 0.2) is 11.6 Å². The summed E-state index contributed by atoms with van der Waals surface area (Å²) in [7, 11) is 1.36. The van der Waals surface area contributed by atoms with E-state index < -0.39 is 47.4 Å². The van der Waals surface area contributed by atoms with Gasteiger partial charge in [0.2, 0.25) is 23.6 Å². The molecule has 1 saturated carbocycles. The standard InChI is InChI=1S/C27H31N3O6/c1-4-5-7-12-18(31)14-21(32)28-20(17-10-8-6-9-11-17)15-22(33)29-24-16(2)13-19-23(25(24)34)27(36)30(3)26(19)35/h4-12,16,19-20,23-24H,13-15H2,1-3H3,(H,28,32)(H,29,33)/b5-4+,12-7+/t16?,19-,20-,23+,24-/m0/s1. The number of nitrogens with one attached hydrogen (secondary N) is 2. The van der Waals surface area contributed by atoms with Gasteiger partial charge in [0, 0.05) is 7.05 Å². The molecule has 1 aliphatic heterocycles. The summed E-state index contributed by atoms with van der Waals surface area (Å²) in [6.07, 6.45) is 6.06. The maximum Gasteiger partial charge on any atom is 0.240 e. The summed E-state index contributed by atoms with van der Waals surface area (Å²) in [5.41, 5.74) is 0.666. The summed E-state index contributed by atoms with van der Waals surface area (Å²) in [5.74, 6) is -4.86. The number of amides is 4. The molecule has 9 heteroatoms. The lowest BCUT2D eigenvalue weighted by atomic mass is 9.72. The van der Waals surface area contributed by atoms with Crippen molar-refractivity contribution >= 4 is 35.2 Å². The van der Waals surface area contributed by atoms with Gasteiger partial charge in [0.25, 0.3) is 0 Å². The third-order valence-corrected chi connectivity index (χ3v) is 6.62. The average Bonchev–Trinajstić information content (AvgIpc) is 3.05. The molecule has 36 heavy (non-hydrogen) atoms. The lowest BCUT2D eigenvalue weighted by Crippen LogP contribution is -2.54. The summed E-state index contributed by atoms with van der Waals surface area (Å²) in [6.45, 7) is 3.57. The van der Waals surface area contributed by atoms with Crippen molar-refractivity contribution < 1.29 is 28.8 Å². The van der Waals surface area contributed by atoms with E-state index in [1.54, 1.807) is 62.4 Å². The van der Waals surface area contributed by atoms with Crippen molar-refractivity contribution in [1.82, 2.24) is 15.5 Å². The fourth-order valence-electron chi connectivity index (χ4n) is 4.75. The fourth-order valence-corrected chi connectivity index (χ4v) is 4.75. The Labute approximate surface area is 210 Å². The van der Waals surface area contributed by atoms with Crippen molar-refractivity contribution in [3.63, 3.8) is 0 Å². The predicted molar refractivity (Wildman–Crippen MR) is 131 cm³/mol. The molecule has 2 aliphatic rings. The number of imide groups is 1. The number of fused-ring (bicyclic) bond motifs is 1. The maximum atomic E-state index is 13.1. The summed E-state index contributed by atoms with van der Waals surface area (Å²) in [5, 5.41) is 5.46. The van der Waals surface area contributed by atoms with Crippen LogP contribution < -0.4 is 10.6 Å². The number of ketones is 2. The number of carbonyl (C=O) groups is 6. The molecule has 1 saturated heterocycles. The number of carbonyl (C=O) groups excluding carboxylic acids is 6. The van der Waals surface area contributed by atoms with Gasteiger partial charge in [-0.05, 0) is 30.9 Å². The highest BCUT2D eigenvalue weighted by Crippen LogP contribution is 2.38. The van der Waals surface area contributed by atoms with Gasteiger partial charge in [-0.3, -0.25) is 33.7 Å². The molecule has 0 aromatic heterocycles. The number of rotatable bonds is 9. The molecule has 1 aliphatic carbocycles. The zero-order valence-corrected chi connectivity index (χ0v) is 20.6. The number of allylic oxidation sites excluding steroid dienone is 4. The molecular formula is C27H31N3O6.